The first-order chi connectivity index (χ1) is 10.2. The van der Waals surface area contributed by atoms with Gasteiger partial charge in [-0.15, -0.1) is 11.8 Å². The molecule has 0 fully saturated rings. The van der Waals surface area contributed by atoms with Crippen molar-refractivity contribution in [2.75, 3.05) is 12.9 Å². The summed E-state index contributed by atoms with van der Waals surface area (Å²) < 4.78 is 6.28. The maximum atomic E-state index is 10.7. The number of thioether (sulfide) groups is 1. The number of ether oxygens (including phenoxy) is 1. The fourth-order valence-electron chi connectivity index (χ4n) is 2.71. The molecule has 21 heavy (non-hydrogen) atoms. The van der Waals surface area contributed by atoms with Crippen LogP contribution in [0.25, 0.3) is 0 Å². The van der Waals surface area contributed by atoms with Crippen LogP contribution in [0.3, 0.4) is 0 Å². The van der Waals surface area contributed by atoms with Gasteiger partial charge in [0, 0.05) is 27.5 Å². The van der Waals surface area contributed by atoms with E-state index < -0.39 is 0 Å². The van der Waals surface area contributed by atoms with Crippen LogP contribution in [-0.4, -0.2) is 24.1 Å². The van der Waals surface area contributed by atoms with Crippen molar-refractivity contribution in [1.82, 2.24) is 0 Å². The third kappa shape index (κ3) is 3.12. The Morgan fingerprint density at radius 3 is 2.95 bits per heavy atom. The molecule has 2 unspecified atom stereocenters. The van der Waals surface area contributed by atoms with E-state index >= 15 is 0 Å². The first-order valence-corrected chi connectivity index (χ1v) is 8.69. The average molecular weight is 365 g/mol. The molecule has 4 heteroatoms. The van der Waals surface area contributed by atoms with E-state index in [9.17, 15) is 5.11 Å². The third-order valence-corrected chi connectivity index (χ3v) is 5.87. The summed E-state index contributed by atoms with van der Waals surface area (Å²) in [6.07, 6.45) is 0.238. The highest BCUT2D eigenvalue weighted by Gasteiger charge is 2.29. The Kier molecular flexibility index (Phi) is 4.57. The number of hydrogen-bond donors (Lipinski definition) is 1. The second kappa shape index (κ2) is 6.42. The SMILES string of the molecule is COc1ccc(Br)c(CC(O)C2CSc3ccccc32)c1. The summed E-state index contributed by atoms with van der Waals surface area (Å²) in [6.45, 7) is 0. The van der Waals surface area contributed by atoms with Gasteiger partial charge < -0.3 is 9.84 Å². The summed E-state index contributed by atoms with van der Waals surface area (Å²) in [7, 11) is 1.66. The summed E-state index contributed by atoms with van der Waals surface area (Å²) in [5.41, 5.74) is 2.35. The summed E-state index contributed by atoms with van der Waals surface area (Å²) in [5, 5.41) is 10.7. The van der Waals surface area contributed by atoms with Crippen molar-refractivity contribution in [1.29, 1.82) is 0 Å². The Labute approximate surface area is 137 Å². The van der Waals surface area contributed by atoms with Gasteiger partial charge in [-0.3, -0.25) is 0 Å². The average Bonchev–Trinajstić information content (AvgIpc) is 2.93. The normalized spacial score (nSPS) is 18.3. The van der Waals surface area contributed by atoms with E-state index in [1.165, 1.54) is 10.5 Å². The van der Waals surface area contributed by atoms with Crippen molar-refractivity contribution in [3.8, 4) is 5.75 Å². The Morgan fingerprint density at radius 2 is 2.14 bits per heavy atom. The highest BCUT2D eigenvalue weighted by molar-refractivity contribution is 9.10. The molecule has 1 aliphatic heterocycles. The minimum atomic E-state index is -0.385. The number of halogens is 1. The van der Waals surface area contributed by atoms with E-state index in [-0.39, 0.29) is 12.0 Å². The van der Waals surface area contributed by atoms with Crippen molar-refractivity contribution >= 4 is 27.7 Å². The molecule has 2 nitrogen and oxygen atoms in total. The van der Waals surface area contributed by atoms with Gasteiger partial charge in [0.25, 0.3) is 0 Å². The molecule has 0 aromatic heterocycles. The lowest BCUT2D eigenvalue weighted by Crippen LogP contribution is -2.21. The predicted molar refractivity (Wildman–Crippen MR) is 90.3 cm³/mol. The Balaban J connectivity index is 1.80. The smallest absolute Gasteiger partial charge is 0.119 e. The molecule has 0 aliphatic carbocycles. The fraction of sp³-hybridized carbons (Fsp3) is 0.294. The number of rotatable bonds is 4. The lowest BCUT2D eigenvalue weighted by Gasteiger charge is -2.19. The molecule has 1 heterocycles. The largest absolute Gasteiger partial charge is 0.497 e. The van der Waals surface area contributed by atoms with E-state index in [1.807, 2.05) is 36.0 Å². The minimum absolute atomic E-state index is 0.198. The molecular weight excluding hydrogens is 348 g/mol. The van der Waals surface area contributed by atoms with Crippen molar-refractivity contribution in [2.45, 2.75) is 23.3 Å². The molecule has 2 aromatic carbocycles. The van der Waals surface area contributed by atoms with Gasteiger partial charge in [0.15, 0.2) is 0 Å². The first-order valence-electron chi connectivity index (χ1n) is 6.91. The quantitative estimate of drug-likeness (QED) is 0.879. The first kappa shape index (κ1) is 14.9. The molecule has 0 saturated carbocycles. The monoisotopic (exact) mass is 364 g/mol. The molecule has 2 atom stereocenters. The number of aliphatic hydroxyl groups is 1. The maximum Gasteiger partial charge on any atom is 0.119 e. The van der Waals surface area contributed by atoms with E-state index in [4.69, 9.17) is 4.74 Å². The summed E-state index contributed by atoms with van der Waals surface area (Å²) in [5.74, 6) is 1.97. The van der Waals surface area contributed by atoms with Crippen LogP contribution in [-0.2, 0) is 6.42 Å². The van der Waals surface area contributed by atoms with Gasteiger partial charge in [-0.2, -0.15) is 0 Å². The molecule has 1 N–H and O–H groups in total. The molecule has 0 amide bonds. The van der Waals surface area contributed by atoms with E-state index in [0.29, 0.717) is 6.42 Å². The van der Waals surface area contributed by atoms with Gasteiger partial charge in [0.1, 0.15) is 5.75 Å². The predicted octanol–water partition coefficient (Wildman–Crippen LogP) is 4.25. The maximum absolute atomic E-state index is 10.7. The van der Waals surface area contributed by atoms with Crippen LogP contribution in [0, 0.1) is 0 Å². The standard InChI is InChI=1S/C17H17BrO2S/c1-20-12-6-7-15(18)11(8-12)9-16(19)14-10-21-17-5-3-2-4-13(14)17/h2-8,14,16,19H,9-10H2,1H3. The van der Waals surface area contributed by atoms with Crippen LogP contribution in [0.1, 0.15) is 17.0 Å². The number of methoxy groups -OCH3 is 1. The van der Waals surface area contributed by atoms with Crippen LogP contribution >= 0.6 is 27.7 Å². The second-order valence-electron chi connectivity index (χ2n) is 5.18. The molecule has 0 bridgehead atoms. The fourth-order valence-corrected chi connectivity index (χ4v) is 4.44. The summed E-state index contributed by atoms with van der Waals surface area (Å²) in [4.78, 5) is 1.30. The molecule has 2 aromatic rings. The molecule has 0 spiro atoms. The molecule has 0 saturated heterocycles. The van der Waals surface area contributed by atoms with Gasteiger partial charge in [0.2, 0.25) is 0 Å². The van der Waals surface area contributed by atoms with Crippen LogP contribution in [0.4, 0.5) is 0 Å². The second-order valence-corrected chi connectivity index (χ2v) is 7.10. The van der Waals surface area contributed by atoms with Gasteiger partial charge in [-0.25, -0.2) is 0 Å². The van der Waals surface area contributed by atoms with Gasteiger partial charge in [-0.1, -0.05) is 34.1 Å². The molecule has 0 radical (unpaired) electrons. The zero-order valence-electron chi connectivity index (χ0n) is 11.8. The Morgan fingerprint density at radius 1 is 1.33 bits per heavy atom. The Hall–Kier alpha value is -0.970. The number of fused-ring (bicyclic) bond motifs is 1. The van der Waals surface area contributed by atoms with Crippen LogP contribution in [0.15, 0.2) is 51.8 Å². The molecule has 1 aliphatic rings. The number of hydrogen-bond acceptors (Lipinski definition) is 3. The van der Waals surface area contributed by atoms with Crippen LogP contribution < -0.4 is 4.74 Å². The van der Waals surface area contributed by atoms with Crippen molar-refractivity contribution in [3.05, 3.63) is 58.1 Å². The highest BCUT2D eigenvalue weighted by Crippen LogP contribution is 2.42. The van der Waals surface area contributed by atoms with Crippen LogP contribution in [0.5, 0.6) is 5.75 Å². The van der Waals surface area contributed by atoms with Gasteiger partial charge >= 0.3 is 0 Å². The Bertz CT molecular complexity index is 644. The summed E-state index contributed by atoms with van der Waals surface area (Å²) in [6, 6.07) is 14.2. The van der Waals surface area contributed by atoms with Crippen molar-refractivity contribution in [3.63, 3.8) is 0 Å². The van der Waals surface area contributed by atoms with E-state index in [2.05, 4.69) is 34.1 Å². The molecular formula is C17H17BrO2S. The topological polar surface area (TPSA) is 29.5 Å². The molecule has 3 rings (SSSR count). The lowest BCUT2D eigenvalue weighted by atomic mass is 9.91. The molecule has 110 valence electrons. The van der Waals surface area contributed by atoms with Crippen molar-refractivity contribution in [2.24, 2.45) is 0 Å². The zero-order valence-corrected chi connectivity index (χ0v) is 14.2. The van der Waals surface area contributed by atoms with E-state index in [0.717, 1.165) is 21.5 Å². The van der Waals surface area contributed by atoms with Gasteiger partial charge in [-0.05, 0) is 35.4 Å². The third-order valence-electron chi connectivity index (χ3n) is 3.88. The van der Waals surface area contributed by atoms with Gasteiger partial charge in [0.05, 0.1) is 13.2 Å². The lowest BCUT2D eigenvalue weighted by molar-refractivity contribution is 0.151. The summed E-state index contributed by atoms with van der Waals surface area (Å²) >= 11 is 5.39. The van der Waals surface area contributed by atoms with Crippen molar-refractivity contribution < 1.29 is 9.84 Å². The highest BCUT2D eigenvalue weighted by atomic mass is 79.9. The zero-order chi connectivity index (χ0) is 14.8. The minimum Gasteiger partial charge on any atom is -0.497 e. The van der Waals surface area contributed by atoms with E-state index in [1.54, 1.807) is 7.11 Å². The number of benzene rings is 2. The van der Waals surface area contributed by atoms with Crippen LogP contribution in [0.2, 0.25) is 0 Å². The number of aliphatic hydroxyl groups excluding tert-OH is 1.